The molecule has 2 rings (SSSR count). The molecule has 1 fully saturated rings. The molecule has 0 radical (unpaired) electrons. The van der Waals surface area contributed by atoms with Crippen LogP contribution in [0, 0.1) is 6.92 Å². The minimum atomic E-state index is -3.71. The summed E-state index contributed by atoms with van der Waals surface area (Å²) in [4.78, 5) is 10.9. The van der Waals surface area contributed by atoms with Crippen LogP contribution in [0.25, 0.3) is 0 Å². The highest BCUT2D eigenvalue weighted by molar-refractivity contribution is 7.91. The zero-order chi connectivity index (χ0) is 14.2. The molecule has 0 bridgehead atoms. The van der Waals surface area contributed by atoms with Crippen molar-refractivity contribution < 1.29 is 23.1 Å². The number of carbonyl (C=O) groups is 1. The molecule has 1 saturated heterocycles. The van der Waals surface area contributed by atoms with Gasteiger partial charge in [0.25, 0.3) is 10.0 Å². The maximum absolute atomic E-state index is 12.4. The smallest absolute Gasteiger partial charge is 0.334 e. The monoisotopic (exact) mass is 325 g/mol. The van der Waals surface area contributed by atoms with Crippen molar-refractivity contribution in [3.8, 4) is 0 Å². The van der Waals surface area contributed by atoms with E-state index in [9.17, 15) is 13.2 Å². The molecule has 1 aromatic heterocycles. The number of halogens is 1. The SMILES string of the molecule is Cc1cc(S(=O)(=O)N2CCOC(C(=O)O)C2)sc1Cl. The van der Waals surface area contributed by atoms with Crippen LogP contribution in [0.2, 0.25) is 4.34 Å². The Balaban J connectivity index is 2.26. The quantitative estimate of drug-likeness (QED) is 0.902. The molecule has 1 aliphatic heterocycles. The number of aliphatic carboxylic acids is 1. The van der Waals surface area contributed by atoms with E-state index in [0.29, 0.717) is 9.90 Å². The third-order valence-corrected chi connectivity index (χ3v) is 6.60. The first-order valence-corrected chi connectivity index (χ1v) is 8.06. The lowest BCUT2D eigenvalue weighted by atomic mass is 10.3. The molecule has 6 nitrogen and oxygen atoms in total. The van der Waals surface area contributed by atoms with Crippen LogP contribution in [0.15, 0.2) is 10.3 Å². The molecule has 9 heteroatoms. The fourth-order valence-corrected chi connectivity index (χ4v) is 4.97. The number of rotatable bonds is 3. The number of aryl methyl sites for hydroxylation is 1. The van der Waals surface area contributed by atoms with Gasteiger partial charge in [0.15, 0.2) is 6.10 Å². The first kappa shape index (κ1) is 14.7. The Kier molecular flexibility index (Phi) is 4.17. The Morgan fingerprint density at radius 3 is 2.84 bits per heavy atom. The van der Waals surface area contributed by atoms with Crippen LogP contribution in [0.4, 0.5) is 0 Å². The van der Waals surface area contributed by atoms with Gasteiger partial charge in [-0.15, -0.1) is 11.3 Å². The summed E-state index contributed by atoms with van der Waals surface area (Å²) >= 11 is 6.84. The summed E-state index contributed by atoms with van der Waals surface area (Å²) in [6, 6.07) is 1.49. The maximum atomic E-state index is 12.4. The molecule has 19 heavy (non-hydrogen) atoms. The molecule has 1 atom stereocenters. The van der Waals surface area contributed by atoms with E-state index >= 15 is 0 Å². The Bertz CT molecular complexity index is 578. The van der Waals surface area contributed by atoms with Crippen molar-refractivity contribution in [1.82, 2.24) is 4.31 Å². The lowest BCUT2D eigenvalue weighted by molar-refractivity contribution is -0.153. The van der Waals surface area contributed by atoms with E-state index in [1.807, 2.05) is 0 Å². The normalized spacial score (nSPS) is 21.5. The van der Waals surface area contributed by atoms with Gasteiger partial charge < -0.3 is 9.84 Å². The van der Waals surface area contributed by atoms with E-state index in [2.05, 4.69) is 0 Å². The number of morpholine rings is 1. The first-order chi connectivity index (χ1) is 8.82. The molecule has 0 saturated carbocycles. The average Bonchev–Trinajstić information content (AvgIpc) is 2.70. The Labute approximate surface area is 119 Å². The molecule has 0 aliphatic carbocycles. The van der Waals surface area contributed by atoms with Gasteiger partial charge in [-0.25, -0.2) is 13.2 Å². The summed E-state index contributed by atoms with van der Waals surface area (Å²) < 4.78 is 31.4. The van der Waals surface area contributed by atoms with Crippen molar-refractivity contribution in [2.45, 2.75) is 17.2 Å². The average molecular weight is 326 g/mol. The van der Waals surface area contributed by atoms with Gasteiger partial charge in [-0.2, -0.15) is 4.31 Å². The summed E-state index contributed by atoms with van der Waals surface area (Å²) in [5.74, 6) is -1.17. The van der Waals surface area contributed by atoms with Crippen LogP contribution in [-0.4, -0.2) is 49.6 Å². The minimum Gasteiger partial charge on any atom is -0.479 e. The highest BCUT2D eigenvalue weighted by atomic mass is 35.5. The van der Waals surface area contributed by atoms with Crippen molar-refractivity contribution in [2.75, 3.05) is 19.7 Å². The molecule has 106 valence electrons. The maximum Gasteiger partial charge on any atom is 0.334 e. The van der Waals surface area contributed by atoms with E-state index in [4.69, 9.17) is 21.4 Å². The standard InChI is InChI=1S/C10H12ClNO5S2/c1-6-4-8(18-9(6)11)19(15,16)12-2-3-17-7(5-12)10(13)14/h4,7H,2-3,5H2,1H3,(H,13,14). The van der Waals surface area contributed by atoms with Gasteiger partial charge >= 0.3 is 5.97 Å². The van der Waals surface area contributed by atoms with E-state index < -0.39 is 22.1 Å². The molecule has 0 amide bonds. The molecule has 0 aromatic carbocycles. The van der Waals surface area contributed by atoms with Crippen LogP contribution in [0.3, 0.4) is 0 Å². The third-order valence-electron chi connectivity index (χ3n) is 2.73. The highest BCUT2D eigenvalue weighted by Crippen LogP contribution is 2.32. The van der Waals surface area contributed by atoms with E-state index in [1.165, 1.54) is 6.07 Å². The number of carboxylic acid groups (broad SMARTS) is 1. The minimum absolute atomic E-state index is 0.0638. The molecule has 1 N–H and O–H groups in total. The van der Waals surface area contributed by atoms with Gasteiger partial charge in [-0.05, 0) is 18.6 Å². The van der Waals surface area contributed by atoms with E-state index in [0.717, 1.165) is 15.6 Å². The van der Waals surface area contributed by atoms with E-state index in [-0.39, 0.29) is 23.9 Å². The predicted octanol–water partition coefficient (Wildman–Crippen LogP) is 1.18. The van der Waals surface area contributed by atoms with Crippen molar-refractivity contribution in [3.63, 3.8) is 0 Å². The van der Waals surface area contributed by atoms with Crippen LogP contribution >= 0.6 is 22.9 Å². The number of hydrogen-bond donors (Lipinski definition) is 1. The molecular weight excluding hydrogens is 314 g/mol. The molecule has 1 unspecified atom stereocenters. The van der Waals surface area contributed by atoms with Crippen molar-refractivity contribution in [2.24, 2.45) is 0 Å². The molecule has 0 spiro atoms. The number of hydrogen-bond acceptors (Lipinski definition) is 5. The second-order valence-corrected chi connectivity index (χ2v) is 7.90. The lowest BCUT2D eigenvalue weighted by Gasteiger charge is -2.29. The molecule has 1 aromatic rings. The predicted molar refractivity (Wildman–Crippen MR) is 70.2 cm³/mol. The van der Waals surface area contributed by atoms with Gasteiger partial charge in [0, 0.05) is 6.54 Å². The number of carboxylic acids is 1. The first-order valence-electron chi connectivity index (χ1n) is 5.43. The second kappa shape index (κ2) is 5.37. The zero-order valence-corrected chi connectivity index (χ0v) is 12.4. The number of ether oxygens (including phenoxy) is 1. The van der Waals surface area contributed by atoms with Crippen LogP contribution in [-0.2, 0) is 19.6 Å². The largest absolute Gasteiger partial charge is 0.479 e. The summed E-state index contributed by atoms with van der Waals surface area (Å²) in [6.07, 6.45) is -1.12. The number of thiophene rings is 1. The van der Waals surface area contributed by atoms with Crippen LogP contribution < -0.4 is 0 Å². The van der Waals surface area contributed by atoms with Gasteiger partial charge in [-0.3, -0.25) is 0 Å². The summed E-state index contributed by atoms with van der Waals surface area (Å²) in [5.41, 5.74) is 0.688. The highest BCUT2D eigenvalue weighted by Gasteiger charge is 2.35. The van der Waals surface area contributed by atoms with Gasteiger partial charge in [0.1, 0.15) is 4.21 Å². The fourth-order valence-electron chi connectivity index (χ4n) is 1.68. The third kappa shape index (κ3) is 2.92. The van der Waals surface area contributed by atoms with Gasteiger partial charge in [-0.1, -0.05) is 11.6 Å². The summed E-state index contributed by atoms with van der Waals surface area (Å²) in [5, 5.41) is 8.88. The van der Waals surface area contributed by atoms with Gasteiger partial charge in [0.2, 0.25) is 0 Å². The van der Waals surface area contributed by atoms with E-state index in [1.54, 1.807) is 6.92 Å². The fraction of sp³-hybridized carbons (Fsp3) is 0.500. The van der Waals surface area contributed by atoms with Crippen molar-refractivity contribution in [3.05, 3.63) is 16.0 Å². The second-order valence-electron chi connectivity index (χ2n) is 4.08. The van der Waals surface area contributed by atoms with Crippen LogP contribution in [0.5, 0.6) is 0 Å². The lowest BCUT2D eigenvalue weighted by Crippen LogP contribution is -2.48. The van der Waals surface area contributed by atoms with Crippen LogP contribution in [0.1, 0.15) is 5.56 Å². The summed E-state index contributed by atoms with van der Waals surface area (Å²) in [7, 11) is -3.71. The Hall–Kier alpha value is -0.670. The number of sulfonamides is 1. The Morgan fingerprint density at radius 1 is 1.63 bits per heavy atom. The van der Waals surface area contributed by atoms with Crippen molar-refractivity contribution in [1.29, 1.82) is 0 Å². The summed E-state index contributed by atoms with van der Waals surface area (Å²) in [6.45, 7) is 1.73. The molecule has 1 aliphatic rings. The topological polar surface area (TPSA) is 83.9 Å². The molecular formula is C10H12ClNO5S2. The molecule has 2 heterocycles. The van der Waals surface area contributed by atoms with Crippen molar-refractivity contribution >= 4 is 38.9 Å². The van der Waals surface area contributed by atoms with Gasteiger partial charge in [0.05, 0.1) is 17.5 Å². The zero-order valence-electron chi connectivity index (χ0n) is 10.00. The number of nitrogens with zero attached hydrogens (tertiary/aromatic N) is 1. The Morgan fingerprint density at radius 2 is 2.32 bits per heavy atom.